The number of rotatable bonds is 11. The van der Waals surface area contributed by atoms with Gasteiger partial charge >= 0.3 is 38.9 Å². The molecule has 10 heteroatoms. The van der Waals surface area contributed by atoms with Crippen molar-refractivity contribution in [3.8, 4) is 0 Å². The van der Waals surface area contributed by atoms with E-state index >= 15 is 0 Å². The number of hydrogen-bond acceptors (Lipinski definition) is 4. The van der Waals surface area contributed by atoms with Gasteiger partial charge in [-0.05, 0) is 48.5 Å². The molecule has 0 heterocycles. The van der Waals surface area contributed by atoms with Crippen molar-refractivity contribution < 1.29 is 40.4 Å². The van der Waals surface area contributed by atoms with Crippen LogP contribution in [0.15, 0.2) is 121 Å². The first kappa shape index (κ1) is 38.6. The van der Waals surface area contributed by atoms with Crippen molar-refractivity contribution in [3.63, 3.8) is 0 Å². The third-order valence-electron chi connectivity index (χ3n) is 6.14. The van der Waals surface area contributed by atoms with E-state index in [2.05, 4.69) is 148 Å². The molecule has 0 aromatic heterocycles. The largest absolute Gasteiger partial charge is 0.310 e. The molecule has 0 fully saturated rings. The molecule has 0 saturated heterocycles. The molecule has 43 heavy (non-hydrogen) atoms. The molecule has 4 rings (SSSR count). The van der Waals surface area contributed by atoms with Gasteiger partial charge in [-0.1, -0.05) is 72.8 Å². The van der Waals surface area contributed by atoms with Gasteiger partial charge in [0.05, 0.1) is 56.5 Å². The van der Waals surface area contributed by atoms with E-state index in [9.17, 15) is 13.6 Å². The summed E-state index contributed by atoms with van der Waals surface area (Å²) >= 11 is 1.62. The van der Waals surface area contributed by atoms with Gasteiger partial charge in [-0.2, -0.15) is 8.78 Å². The van der Waals surface area contributed by atoms with Crippen LogP contribution >= 0.6 is 25.5 Å². The number of halogens is 3. The van der Waals surface area contributed by atoms with Crippen LogP contribution in [0, 0.1) is 0 Å². The predicted octanol–water partition coefficient (Wildman–Crippen LogP) is 5.27. The van der Waals surface area contributed by atoms with E-state index in [1.54, 1.807) is 17.3 Å². The molecule has 230 valence electrons. The van der Waals surface area contributed by atoms with Crippen LogP contribution in [0.5, 0.6) is 0 Å². The quantitative estimate of drug-likeness (QED) is 0.0571. The van der Waals surface area contributed by atoms with Crippen LogP contribution in [0.3, 0.4) is 0 Å². The summed E-state index contributed by atoms with van der Waals surface area (Å²) in [7, 11) is 4.01. The summed E-state index contributed by atoms with van der Waals surface area (Å²) in [6.07, 6.45) is 2.41. The van der Waals surface area contributed by atoms with E-state index in [0.717, 1.165) is 20.2 Å². The molecular weight excluding hydrogens is 695 g/mol. The number of hydrogen-bond donors (Lipinski definition) is 1. The maximum Gasteiger partial charge on any atom is 0.0967 e. The van der Waals surface area contributed by atoms with Gasteiger partial charge in [-0.25, -0.2) is 4.79 Å². The third kappa shape index (κ3) is 14.8. The van der Waals surface area contributed by atoms with Crippen molar-refractivity contribution >= 4 is 59.5 Å². The minimum Gasteiger partial charge on any atom is -0.310 e. The average Bonchev–Trinajstić information content (AvgIpc) is 3.07. The number of benzene rings is 4. The number of ether oxygens (including phenoxy) is 1. The van der Waals surface area contributed by atoms with Gasteiger partial charge in [0.25, 0.3) is 0 Å². The number of carbonyl (C=O) groups is 1. The first-order valence-corrected chi connectivity index (χ1v) is 19.2. The van der Waals surface area contributed by atoms with Gasteiger partial charge in [0.1, 0.15) is 0 Å². The summed E-state index contributed by atoms with van der Waals surface area (Å²) in [6.45, 7) is 5.87. The van der Waals surface area contributed by atoms with E-state index in [4.69, 9.17) is 4.79 Å². The summed E-state index contributed by atoms with van der Waals surface area (Å²) in [5, 5.41) is 9.77. The molecule has 0 amide bonds. The van der Waals surface area contributed by atoms with Crippen LogP contribution in [0.4, 0.5) is 8.78 Å². The molecule has 0 aliphatic rings. The summed E-state index contributed by atoms with van der Waals surface area (Å²) in [6, 6.07) is 44.2. The van der Waals surface area contributed by atoms with Crippen molar-refractivity contribution in [2.24, 2.45) is 0 Å². The van der Waals surface area contributed by atoms with Gasteiger partial charge in [0.2, 0.25) is 0 Å². The normalized spacial score (nSPS) is 10.3. The van der Waals surface area contributed by atoms with E-state index in [1.807, 2.05) is 0 Å². The standard InChI is InChI=1S/C28H29NP2.C4H6F2O2.CHO.ClH.Ru.H/c1-5-13-25(14-6-1)30(26-15-7-2-8-16-26)23-21-29-22-24-31(27-17-9-3-10-18-27)28-19-11-4-12-20-28;1-4(5,6)3(7)8-2;1-2;;;/h1-20,29H,21-24H2;1-2H3;1H;1H;;/q;;-1;;+3;/p+1. The first-order chi connectivity index (χ1) is 20.9. The van der Waals surface area contributed by atoms with Crippen LogP contribution in [0.25, 0.3) is 0 Å². The molecular formula is C33H39ClF2NO3P2Ru+3. The summed E-state index contributed by atoms with van der Waals surface area (Å²) in [5.41, 5.74) is 0. The second-order valence-corrected chi connectivity index (χ2v) is 14.3. The Morgan fingerprint density at radius 2 is 0.953 bits per heavy atom. The molecule has 1 N–H and O–H groups in total. The van der Waals surface area contributed by atoms with Crippen molar-refractivity contribution in [1.29, 1.82) is 0 Å². The molecule has 0 saturated carbocycles. The summed E-state index contributed by atoms with van der Waals surface area (Å²) in [4.78, 5) is 17.6. The zero-order valence-electron chi connectivity index (χ0n) is 24.2. The Labute approximate surface area is 270 Å². The van der Waals surface area contributed by atoms with Crippen molar-refractivity contribution in [2.45, 2.75) is 12.8 Å². The molecule has 0 atom stereocenters. The Balaban J connectivity index is 0.000000663. The molecule has 0 spiro atoms. The van der Waals surface area contributed by atoms with Crippen molar-refractivity contribution in [1.82, 2.24) is 5.32 Å². The minimum atomic E-state index is -3.35. The van der Waals surface area contributed by atoms with Gasteiger partial charge in [-0.15, -0.1) is 0 Å². The van der Waals surface area contributed by atoms with Gasteiger partial charge in [-0.3, -0.25) is 6.79 Å². The molecule has 0 unspecified atom stereocenters. The molecule has 0 radical (unpaired) electrons. The molecule has 0 aliphatic heterocycles. The first-order valence-electron chi connectivity index (χ1n) is 13.4. The zero-order valence-corrected chi connectivity index (χ0v) is 28.8. The fourth-order valence-electron chi connectivity index (χ4n) is 4.20. The molecule has 4 nitrogen and oxygen atoms in total. The van der Waals surface area contributed by atoms with Crippen LogP contribution in [0.1, 0.15) is 6.92 Å². The van der Waals surface area contributed by atoms with Crippen LogP contribution < -0.4 is 26.5 Å². The zero-order chi connectivity index (χ0) is 31.9. The Morgan fingerprint density at radius 3 is 1.14 bits per heavy atom. The molecule has 0 aliphatic carbocycles. The Kier molecular flexibility index (Phi) is 20.7. The Morgan fingerprint density at radius 1 is 0.698 bits per heavy atom. The number of methoxy groups -OCH3 is 1. The number of esters is 1. The van der Waals surface area contributed by atoms with E-state index in [1.165, 1.54) is 33.5 Å². The fourth-order valence-corrected chi connectivity index (χ4v) is 9.25. The maximum absolute atomic E-state index is 11.6. The maximum atomic E-state index is 11.6. The SMILES string of the molecule is COC(=O)C(C)(F)F.[CH-]=O.[Cl][RuH+2].c1ccc([PH+](CCNCC[PH+](c2ccccc2)c2ccccc2)c2ccccc2)cc1. The van der Waals surface area contributed by atoms with Crippen LogP contribution in [-0.2, 0) is 31.6 Å². The van der Waals surface area contributed by atoms with E-state index < -0.39 is 27.7 Å². The van der Waals surface area contributed by atoms with Gasteiger partial charge in [0.15, 0.2) is 0 Å². The van der Waals surface area contributed by atoms with Gasteiger partial charge in [0, 0.05) is 20.0 Å². The fraction of sp³-hybridized carbons (Fsp3) is 0.212. The Hall–Kier alpha value is -2.39. The molecule has 4 aromatic rings. The van der Waals surface area contributed by atoms with Crippen molar-refractivity contribution in [3.05, 3.63) is 121 Å². The van der Waals surface area contributed by atoms with Gasteiger partial charge < -0.3 is 14.8 Å². The third-order valence-corrected chi connectivity index (χ3v) is 11.8. The summed E-state index contributed by atoms with van der Waals surface area (Å²) in [5.74, 6) is -4.85. The predicted molar refractivity (Wildman–Crippen MR) is 180 cm³/mol. The van der Waals surface area contributed by atoms with Crippen molar-refractivity contribution in [2.75, 3.05) is 32.5 Å². The molecule has 4 aromatic carbocycles. The second kappa shape index (κ2) is 23.1. The van der Waals surface area contributed by atoms with Crippen LogP contribution in [0.2, 0.25) is 0 Å². The second-order valence-electron chi connectivity index (χ2n) is 9.05. The summed E-state index contributed by atoms with van der Waals surface area (Å²) < 4.78 is 27.0. The topological polar surface area (TPSA) is 55.4 Å². The molecule has 0 bridgehead atoms. The number of alkyl halides is 2. The monoisotopic (exact) mass is 734 g/mol. The van der Waals surface area contributed by atoms with E-state index in [0.29, 0.717) is 6.92 Å². The van der Waals surface area contributed by atoms with Crippen LogP contribution in [-0.4, -0.2) is 51.2 Å². The number of nitrogens with one attached hydrogen (secondary N) is 1. The average molecular weight is 734 g/mol. The minimum absolute atomic E-state index is 0.485. The Bertz CT molecular complexity index is 1090. The number of carbonyl (C=O) groups excluding carboxylic acids is 2. The smallest absolute Gasteiger partial charge is 0.0967 e. The van der Waals surface area contributed by atoms with E-state index in [-0.39, 0.29) is 0 Å².